The third-order valence-electron chi connectivity index (χ3n) is 6.94. The van der Waals surface area contributed by atoms with Crippen LogP contribution in [0.25, 0.3) is 0 Å². The largest absolute Gasteiger partial charge is 0.374 e. The van der Waals surface area contributed by atoms with Crippen LogP contribution in [-0.2, 0) is 37.1 Å². The highest BCUT2D eigenvalue weighted by atomic mass is 35.5. The predicted molar refractivity (Wildman–Crippen MR) is 161 cm³/mol. The third-order valence-corrected chi connectivity index (χ3v) is 7.31. The fourth-order valence-corrected chi connectivity index (χ4v) is 4.48. The van der Waals surface area contributed by atoms with Crippen molar-refractivity contribution in [3.05, 3.63) is 83.1 Å². The van der Waals surface area contributed by atoms with E-state index in [1.807, 2.05) is 69.3 Å². The lowest BCUT2D eigenvalue weighted by Gasteiger charge is -2.36. The van der Waals surface area contributed by atoms with Crippen molar-refractivity contribution in [2.75, 3.05) is 20.2 Å². The highest BCUT2D eigenvalue weighted by Crippen LogP contribution is 2.22. The number of rotatable bonds is 12. The highest BCUT2D eigenvalue weighted by Gasteiger charge is 2.37. The van der Waals surface area contributed by atoms with Gasteiger partial charge in [-0.15, -0.1) is 0 Å². The first-order valence-corrected chi connectivity index (χ1v) is 14.2. The van der Waals surface area contributed by atoms with E-state index >= 15 is 0 Å². The molecule has 10 nitrogen and oxygen atoms in total. The van der Waals surface area contributed by atoms with Gasteiger partial charge in [0, 0.05) is 17.4 Å². The molecule has 0 saturated heterocycles. The first-order valence-electron chi connectivity index (χ1n) is 13.8. The van der Waals surface area contributed by atoms with Crippen LogP contribution in [-0.4, -0.2) is 71.8 Å². The van der Waals surface area contributed by atoms with Crippen molar-refractivity contribution in [2.45, 2.75) is 59.0 Å². The number of hydrogen-bond acceptors (Lipinski definition) is 6. The molecular formula is C31H40ClN5O5. The minimum Gasteiger partial charge on any atom is -0.374 e. The van der Waals surface area contributed by atoms with Crippen molar-refractivity contribution in [2.24, 2.45) is 5.41 Å². The van der Waals surface area contributed by atoms with E-state index in [4.69, 9.17) is 16.3 Å². The van der Waals surface area contributed by atoms with Crippen LogP contribution in [0.3, 0.4) is 0 Å². The summed E-state index contributed by atoms with van der Waals surface area (Å²) in [5.74, 6) is -1.68. The van der Waals surface area contributed by atoms with Gasteiger partial charge in [-0.2, -0.15) is 0 Å². The number of hydrogen-bond donors (Lipinski definition) is 3. The number of carbonyl (C=O) groups is 4. The summed E-state index contributed by atoms with van der Waals surface area (Å²) in [5, 5.41) is 8.78. The summed E-state index contributed by atoms with van der Waals surface area (Å²) >= 11 is 6.32. The minimum absolute atomic E-state index is 0.0562. The number of benzene rings is 2. The van der Waals surface area contributed by atoms with Gasteiger partial charge in [-0.25, -0.2) is 0 Å². The van der Waals surface area contributed by atoms with Crippen molar-refractivity contribution >= 4 is 35.2 Å². The van der Waals surface area contributed by atoms with E-state index < -0.39 is 35.4 Å². The molecule has 0 aliphatic carbocycles. The van der Waals surface area contributed by atoms with Crippen molar-refractivity contribution in [1.29, 1.82) is 0 Å². The Balaban J connectivity index is 1.74. The van der Waals surface area contributed by atoms with Gasteiger partial charge in [0.2, 0.25) is 17.7 Å². The molecule has 0 unspecified atom stereocenters. The van der Waals surface area contributed by atoms with Gasteiger partial charge in [0.25, 0.3) is 5.91 Å². The summed E-state index contributed by atoms with van der Waals surface area (Å²) in [4.78, 5) is 55.4. The monoisotopic (exact) mass is 597 g/mol. The average Bonchev–Trinajstić information content (AvgIpc) is 2.96. The number of nitrogens with zero attached hydrogens (tertiary/aromatic N) is 2. The Labute approximate surface area is 252 Å². The van der Waals surface area contributed by atoms with Crippen molar-refractivity contribution in [3.8, 4) is 0 Å². The molecule has 1 aliphatic rings. The lowest BCUT2D eigenvalue weighted by atomic mass is 9.86. The maximum atomic E-state index is 13.6. The molecule has 0 fully saturated rings. The second kappa shape index (κ2) is 14.9. The SMILES string of the molecule is CN[C@@H](C)C(=O)N[C@H](C(=O)NCC(=O)N1C=CN(Cc2ccccc2Cl)C(=O)[C@@H]1COCc1ccccc1)C(C)(C)C. The number of amides is 4. The van der Waals surface area contributed by atoms with Crippen LogP contribution in [0, 0.1) is 5.41 Å². The molecule has 0 aromatic heterocycles. The number of nitrogens with one attached hydrogen (secondary N) is 3. The minimum atomic E-state index is -0.958. The van der Waals surface area contributed by atoms with Gasteiger partial charge in [-0.3, -0.25) is 19.2 Å². The number of halogens is 1. The summed E-state index contributed by atoms with van der Waals surface area (Å²) in [6.45, 7) is 7.21. The van der Waals surface area contributed by atoms with Gasteiger partial charge >= 0.3 is 0 Å². The Kier molecular flexibility index (Phi) is 11.7. The third kappa shape index (κ3) is 8.88. The van der Waals surface area contributed by atoms with Crippen LogP contribution in [0.1, 0.15) is 38.8 Å². The summed E-state index contributed by atoms with van der Waals surface area (Å²) < 4.78 is 5.88. The Morgan fingerprint density at radius 2 is 1.67 bits per heavy atom. The maximum absolute atomic E-state index is 13.6. The molecule has 3 rings (SSSR count). The summed E-state index contributed by atoms with van der Waals surface area (Å²) in [5.41, 5.74) is 1.07. The van der Waals surface area contributed by atoms with Crippen molar-refractivity contribution < 1.29 is 23.9 Å². The van der Waals surface area contributed by atoms with E-state index in [1.165, 1.54) is 22.2 Å². The van der Waals surface area contributed by atoms with E-state index in [1.54, 1.807) is 20.0 Å². The van der Waals surface area contributed by atoms with Gasteiger partial charge in [0.15, 0.2) is 0 Å². The molecule has 3 atom stereocenters. The molecule has 1 heterocycles. The van der Waals surface area contributed by atoms with Gasteiger partial charge in [-0.05, 0) is 36.6 Å². The number of ether oxygens (including phenoxy) is 1. The molecular weight excluding hydrogens is 558 g/mol. The normalized spacial score (nSPS) is 16.6. The molecule has 2 aromatic carbocycles. The Morgan fingerprint density at radius 1 is 1.00 bits per heavy atom. The maximum Gasteiger partial charge on any atom is 0.252 e. The first kappa shape index (κ1) is 32.8. The molecule has 4 amide bonds. The van der Waals surface area contributed by atoms with Crippen LogP contribution >= 0.6 is 11.6 Å². The molecule has 42 heavy (non-hydrogen) atoms. The fraction of sp³-hybridized carbons (Fsp3) is 0.419. The Hall–Kier alpha value is -3.73. The van der Waals surface area contributed by atoms with E-state index in [9.17, 15) is 19.2 Å². The number of likely N-dealkylation sites (N-methyl/N-ethyl adjacent to an activating group) is 1. The zero-order valence-corrected chi connectivity index (χ0v) is 25.5. The van der Waals surface area contributed by atoms with Crippen LogP contribution in [0.5, 0.6) is 0 Å². The van der Waals surface area contributed by atoms with Crippen molar-refractivity contribution in [3.63, 3.8) is 0 Å². The lowest BCUT2D eigenvalue weighted by Crippen LogP contribution is -2.58. The molecule has 11 heteroatoms. The zero-order chi connectivity index (χ0) is 30.9. The molecule has 3 N–H and O–H groups in total. The summed E-state index contributed by atoms with van der Waals surface area (Å²) in [6.07, 6.45) is 3.04. The summed E-state index contributed by atoms with van der Waals surface area (Å²) in [6, 6.07) is 14.4. The van der Waals surface area contributed by atoms with Gasteiger partial charge < -0.3 is 30.5 Å². The van der Waals surface area contributed by atoms with Gasteiger partial charge in [0.05, 0.1) is 32.3 Å². The zero-order valence-electron chi connectivity index (χ0n) is 24.7. The average molecular weight is 598 g/mol. The fourth-order valence-electron chi connectivity index (χ4n) is 4.28. The van der Waals surface area contributed by atoms with E-state index in [-0.39, 0.29) is 38.1 Å². The van der Waals surface area contributed by atoms with Crippen LogP contribution in [0.15, 0.2) is 67.0 Å². The van der Waals surface area contributed by atoms with E-state index in [0.717, 1.165) is 11.1 Å². The highest BCUT2D eigenvalue weighted by molar-refractivity contribution is 6.31. The molecule has 0 radical (unpaired) electrons. The predicted octanol–water partition coefficient (Wildman–Crippen LogP) is 2.82. The van der Waals surface area contributed by atoms with Gasteiger partial charge in [0.1, 0.15) is 12.1 Å². The van der Waals surface area contributed by atoms with Gasteiger partial charge in [-0.1, -0.05) is 80.9 Å². The second-order valence-corrected chi connectivity index (χ2v) is 11.6. The molecule has 2 aromatic rings. The standard InChI is InChI=1S/C31H40ClN5O5/c1-21(33-5)28(39)35-27(31(2,3)4)29(40)34-17-26(38)37-16-15-36(18-23-13-9-10-14-24(23)32)30(41)25(37)20-42-19-22-11-7-6-8-12-22/h6-16,21,25,27,33H,17-20H2,1-5H3,(H,34,40)(H,35,39)/t21-,25-,27+/m0/s1. The van der Waals surface area contributed by atoms with Crippen LogP contribution < -0.4 is 16.0 Å². The quantitative estimate of drug-likeness (QED) is 0.346. The van der Waals surface area contributed by atoms with Crippen LogP contribution in [0.4, 0.5) is 0 Å². The smallest absolute Gasteiger partial charge is 0.252 e. The van der Waals surface area contributed by atoms with E-state index in [2.05, 4.69) is 16.0 Å². The van der Waals surface area contributed by atoms with E-state index in [0.29, 0.717) is 5.02 Å². The molecule has 0 bridgehead atoms. The Morgan fingerprint density at radius 3 is 2.31 bits per heavy atom. The van der Waals surface area contributed by atoms with Crippen LogP contribution in [0.2, 0.25) is 5.02 Å². The molecule has 0 spiro atoms. The lowest BCUT2D eigenvalue weighted by molar-refractivity contribution is -0.146. The topological polar surface area (TPSA) is 120 Å². The second-order valence-electron chi connectivity index (χ2n) is 11.2. The first-order chi connectivity index (χ1) is 19.9. The molecule has 1 aliphatic heterocycles. The number of carbonyl (C=O) groups excluding carboxylic acids is 4. The molecule has 0 saturated carbocycles. The molecule has 226 valence electrons. The Bertz CT molecular complexity index is 1280. The van der Waals surface area contributed by atoms with Crippen molar-refractivity contribution in [1.82, 2.24) is 25.8 Å². The summed E-state index contributed by atoms with van der Waals surface area (Å²) in [7, 11) is 1.65.